The summed E-state index contributed by atoms with van der Waals surface area (Å²) in [6.07, 6.45) is 5.11. The normalized spacial score (nSPS) is 10.3. The Labute approximate surface area is 115 Å². The summed E-state index contributed by atoms with van der Waals surface area (Å²) >= 11 is 0. The van der Waals surface area contributed by atoms with Crippen LogP contribution in [0.2, 0.25) is 0 Å². The Morgan fingerprint density at radius 1 is 1.33 bits per heavy atom. The van der Waals surface area contributed by atoms with Crippen LogP contribution in [0.5, 0.6) is 5.75 Å². The quantitative estimate of drug-likeness (QED) is 0.776. The fraction of sp³-hybridized carbons (Fsp3) is 0.429. The highest BCUT2D eigenvalue weighted by Gasteiger charge is 2.14. The first-order chi connectivity index (χ1) is 8.07. The number of hydrogen-bond donors (Lipinski definition) is 2. The second-order valence-corrected chi connectivity index (χ2v) is 4.53. The summed E-state index contributed by atoms with van der Waals surface area (Å²) in [6, 6.07) is 7.74. The first-order valence-corrected chi connectivity index (χ1v) is 5.58. The first kappa shape index (κ1) is 16.8. The molecular formula is C14H20ClNO2. The standard InChI is InChI=1S/C14H19NO2.ClH/c1-4-9-17-13-7-5-12(6-8-13)10-15-14(2,3)11-16;/h1,5-8,15-16H,9-11H2,2-3H3;1H. The van der Waals surface area contributed by atoms with E-state index in [2.05, 4.69) is 11.2 Å². The highest BCUT2D eigenvalue weighted by molar-refractivity contribution is 5.85. The molecule has 0 bridgehead atoms. The molecule has 0 amide bonds. The van der Waals surface area contributed by atoms with Crippen molar-refractivity contribution in [3.05, 3.63) is 29.8 Å². The van der Waals surface area contributed by atoms with Gasteiger partial charge >= 0.3 is 0 Å². The van der Waals surface area contributed by atoms with Gasteiger partial charge in [-0.05, 0) is 31.5 Å². The smallest absolute Gasteiger partial charge is 0.148 e. The molecule has 0 spiro atoms. The summed E-state index contributed by atoms with van der Waals surface area (Å²) in [5.41, 5.74) is 0.873. The van der Waals surface area contributed by atoms with Gasteiger partial charge in [-0.15, -0.1) is 18.8 Å². The number of ether oxygens (including phenoxy) is 1. The van der Waals surface area contributed by atoms with Crippen molar-refractivity contribution in [1.82, 2.24) is 5.32 Å². The summed E-state index contributed by atoms with van der Waals surface area (Å²) in [4.78, 5) is 0. The lowest BCUT2D eigenvalue weighted by Crippen LogP contribution is -2.42. The summed E-state index contributed by atoms with van der Waals surface area (Å²) in [5.74, 6) is 3.19. The van der Waals surface area contributed by atoms with Crippen molar-refractivity contribution in [2.24, 2.45) is 0 Å². The van der Waals surface area contributed by atoms with Crippen LogP contribution in [0.15, 0.2) is 24.3 Å². The Kier molecular flexibility index (Phi) is 7.45. The van der Waals surface area contributed by atoms with E-state index in [1.807, 2.05) is 38.1 Å². The van der Waals surface area contributed by atoms with E-state index in [0.717, 1.165) is 11.3 Å². The van der Waals surface area contributed by atoms with Crippen LogP contribution in [-0.4, -0.2) is 23.9 Å². The highest BCUT2D eigenvalue weighted by Crippen LogP contribution is 2.12. The van der Waals surface area contributed by atoms with Gasteiger partial charge in [0.1, 0.15) is 12.4 Å². The maximum Gasteiger partial charge on any atom is 0.148 e. The molecule has 0 aromatic heterocycles. The zero-order valence-electron chi connectivity index (χ0n) is 10.8. The van der Waals surface area contributed by atoms with Gasteiger partial charge in [0, 0.05) is 12.1 Å². The van der Waals surface area contributed by atoms with Crippen molar-refractivity contribution in [3.63, 3.8) is 0 Å². The van der Waals surface area contributed by atoms with Gasteiger partial charge in [-0.3, -0.25) is 0 Å². The SMILES string of the molecule is C#CCOc1ccc(CNC(C)(C)CO)cc1.Cl. The average molecular weight is 270 g/mol. The minimum absolute atomic E-state index is 0. The maximum atomic E-state index is 9.11. The van der Waals surface area contributed by atoms with E-state index in [1.54, 1.807) is 0 Å². The third-order valence-electron chi connectivity index (χ3n) is 2.41. The van der Waals surface area contributed by atoms with Gasteiger partial charge in [-0.25, -0.2) is 0 Å². The van der Waals surface area contributed by atoms with E-state index in [9.17, 15) is 0 Å². The van der Waals surface area contributed by atoms with E-state index in [1.165, 1.54) is 0 Å². The van der Waals surface area contributed by atoms with Crippen LogP contribution >= 0.6 is 12.4 Å². The molecule has 1 aromatic rings. The molecule has 1 aromatic carbocycles. The van der Waals surface area contributed by atoms with Crippen molar-refractivity contribution >= 4 is 12.4 Å². The molecule has 0 aliphatic rings. The van der Waals surface area contributed by atoms with Gasteiger partial charge in [0.15, 0.2) is 0 Å². The van der Waals surface area contributed by atoms with Crippen molar-refractivity contribution in [3.8, 4) is 18.1 Å². The molecule has 0 atom stereocenters. The molecule has 0 aliphatic heterocycles. The minimum Gasteiger partial charge on any atom is -0.481 e. The number of halogens is 1. The van der Waals surface area contributed by atoms with E-state index >= 15 is 0 Å². The summed E-state index contributed by atoms with van der Waals surface area (Å²) in [6.45, 7) is 5.02. The topological polar surface area (TPSA) is 41.5 Å². The van der Waals surface area contributed by atoms with Gasteiger partial charge < -0.3 is 15.2 Å². The highest BCUT2D eigenvalue weighted by atomic mass is 35.5. The monoisotopic (exact) mass is 269 g/mol. The molecule has 18 heavy (non-hydrogen) atoms. The molecule has 0 saturated carbocycles. The number of nitrogens with one attached hydrogen (secondary N) is 1. The Hall–Kier alpha value is -1.21. The Morgan fingerprint density at radius 2 is 1.94 bits per heavy atom. The molecule has 100 valence electrons. The summed E-state index contributed by atoms with van der Waals surface area (Å²) < 4.78 is 5.28. The number of aliphatic hydroxyl groups is 1. The van der Waals surface area contributed by atoms with E-state index < -0.39 is 0 Å². The van der Waals surface area contributed by atoms with E-state index in [-0.39, 0.29) is 31.2 Å². The zero-order valence-corrected chi connectivity index (χ0v) is 11.6. The molecule has 3 nitrogen and oxygen atoms in total. The molecule has 0 radical (unpaired) electrons. The maximum absolute atomic E-state index is 9.11. The average Bonchev–Trinajstić information content (AvgIpc) is 2.35. The number of hydrogen-bond acceptors (Lipinski definition) is 3. The molecule has 0 fully saturated rings. The fourth-order valence-electron chi connectivity index (χ4n) is 1.23. The van der Waals surface area contributed by atoms with Crippen LogP contribution in [0.4, 0.5) is 0 Å². The van der Waals surface area contributed by atoms with Crippen LogP contribution in [0.1, 0.15) is 19.4 Å². The Balaban J connectivity index is 0.00000289. The molecule has 0 unspecified atom stereocenters. The van der Waals surface area contributed by atoms with Crippen LogP contribution in [0.25, 0.3) is 0 Å². The summed E-state index contributed by atoms with van der Waals surface area (Å²) in [5, 5.41) is 12.4. The number of terminal acetylenes is 1. The number of benzene rings is 1. The lowest BCUT2D eigenvalue weighted by molar-refractivity contribution is 0.187. The molecule has 2 N–H and O–H groups in total. The fourth-order valence-corrected chi connectivity index (χ4v) is 1.23. The van der Waals surface area contributed by atoms with Crippen LogP contribution in [0, 0.1) is 12.3 Å². The predicted octanol–water partition coefficient (Wildman–Crippen LogP) is 1.98. The second-order valence-electron chi connectivity index (χ2n) is 4.53. The van der Waals surface area contributed by atoms with Crippen molar-refractivity contribution in [2.75, 3.05) is 13.2 Å². The van der Waals surface area contributed by atoms with Crippen LogP contribution < -0.4 is 10.1 Å². The lowest BCUT2D eigenvalue weighted by Gasteiger charge is -2.23. The van der Waals surface area contributed by atoms with Gasteiger partial charge in [0.25, 0.3) is 0 Å². The van der Waals surface area contributed by atoms with Gasteiger partial charge in [0.05, 0.1) is 6.61 Å². The Morgan fingerprint density at radius 3 is 2.44 bits per heavy atom. The molecule has 0 heterocycles. The van der Waals surface area contributed by atoms with Crippen LogP contribution in [0.3, 0.4) is 0 Å². The lowest BCUT2D eigenvalue weighted by atomic mass is 10.1. The molecule has 0 saturated heterocycles. The predicted molar refractivity (Wildman–Crippen MR) is 76.0 cm³/mol. The molecule has 0 aliphatic carbocycles. The largest absolute Gasteiger partial charge is 0.481 e. The Bertz CT molecular complexity index is 382. The van der Waals surface area contributed by atoms with Gasteiger partial charge in [-0.2, -0.15) is 0 Å². The van der Waals surface area contributed by atoms with Crippen molar-refractivity contribution < 1.29 is 9.84 Å². The summed E-state index contributed by atoms with van der Waals surface area (Å²) in [7, 11) is 0. The van der Waals surface area contributed by atoms with Gasteiger partial charge in [0.2, 0.25) is 0 Å². The molecular weight excluding hydrogens is 250 g/mol. The van der Waals surface area contributed by atoms with Crippen LogP contribution in [-0.2, 0) is 6.54 Å². The van der Waals surface area contributed by atoms with Gasteiger partial charge in [-0.1, -0.05) is 18.1 Å². The zero-order chi connectivity index (χ0) is 12.7. The number of aliphatic hydroxyl groups excluding tert-OH is 1. The van der Waals surface area contributed by atoms with E-state index in [4.69, 9.17) is 16.3 Å². The molecule has 1 rings (SSSR count). The third-order valence-corrected chi connectivity index (χ3v) is 2.41. The van der Waals surface area contributed by atoms with Crippen molar-refractivity contribution in [2.45, 2.75) is 25.9 Å². The third kappa shape index (κ3) is 5.92. The van der Waals surface area contributed by atoms with E-state index in [0.29, 0.717) is 6.54 Å². The number of rotatable bonds is 6. The minimum atomic E-state index is -0.265. The second kappa shape index (κ2) is 7.99. The molecule has 4 heteroatoms. The van der Waals surface area contributed by atoms with Crippen molar-refractivity contribution in [1.29, 1.82) is 0 Å². The first-order valence-electron chi connectivity index (χ1n) is 5.58.